The summed E-state index contributed by atoms with van der Waals surface area (Å²) >= 11 is 11.1. The molecule has 0 atom stereocenters. The van der Waals surface area contributed by atoms with E-state index in [0.717, 1.165) is 11.3 Å². The van der Waals surface area contributed by atoms with Crippen LogP contribution in [0.15, 0.2) is 94.6 Å². The van der Waals surface area contributed by atoms with Crippen LogP contribution in [0.3, 0.4) is 0 Å². The van der Waals surface area contributed by atoms with Crippen LogP contribution in [0.1, 0.15) is 5.56 Å². The van der Waals surface area contributed by atoms with Crippen molar-refractivity contribution in [2.45, 2.75) is 0 Å². The lowest BCUT2D eigenvalue weighted by molar-refractivity contribution is 0.318. The SMILES string of the molecule is CN(CC(=NO)c1ccccc1)c1ccc(Oc2ccc(OCC=C(Cl)Cl)cc2)cc1. The highest BCUT2D eigenvalue weighted by Crippen LogP contribution is 2.26. The summed E-state index contributed by atoms with van der Waals surface area (Å²) in [6.07, 6.45) is 1.57. The van der Waals surface area contributed by atoms with Gasteiger partial charge in [0.1, 0.15) is 34.1 Å². The fourth-order valence-corrected chi connectivity index (χ4v) is 2.96. The Morgan fingerprint density at radius 1 is 0.903 bits per heavy atom. The third-order valence-electron chi connectivity index (χ3n) is 4.44. The second-order valence-electron chi connectivity index (χ2n) is 6.64. The summed E-state index contributed by atoms with van der Waals surface area (Å²) in [4.78, 5) is 2.00. The van der Waals surface area contributed by atoms with Crippen molar-refractivity contribution in [2.24, 2.45) is 5.16 Å². The van der Waals surface area contributed by atoms with Crippen molar-refractivity contribution in [3.05, 3.63) is 95.0 Å². The first-order valence-corrected chi connectivity index (χ1v) is 10.3. The molecule has 0 aliphatic heterocycles. The molecule has 7 heteroatoms. The average molecular weight is 457 g/mol. The number of likely N-dealkylation sites (N-methyl/N-ethyl adjacent to an activating group) is 1. The topological polar surface area (TPSA) is 54.3 Å². The summed E-state index contributed by atoms with van der Waals surface area (Å²) in [5.74, 6) is 2.09. The average Bonchev–Trinajstić information content (AvgIpc) is 2.79. The molecule has 3 aromatic rings. The fourth-order valence-electron chi connectivity index (χ4n) is 2.84. The Kier molecular flexibility index (Phi) is 8.21. The van der Waals surface area contributed by atoms with Gasteiger partial charge in [-0.25, -0.2) is 0 Å². The van der Waals surface area contributed by atoms with Gasteiger partial charge in [-0.15, -0.1) is 0 Å². The van der Waals surface area contributed by atoms with Gasteiger partial charge in [-0.2, -0.15) is 0 Å². The molecule has 0 bridgehead atoms. The Morgan fingerprint density at radius 3 is 2.06 bits per heavy atom. The smallest absolute Gasteiger partial charge is 0.127 e. The molecular formula is C24H22Cl2N2O3. The second kappa shape index (κ2) is 11.3. The quantitative estimate of drug-likeness (QED) is 0.227. The Morgan fingerprint density at radius 2 is 1.48 bits per heavy atom. The fraction of sp³-hybridized carbons (Fsp3) is 0.125. The molecule has 5 nitrogen and oxygen atoms in total. The van der Waals surface area contributed by atoms with Crippen molar-refractivity contribution in [1.82, 2.24) is 0 Å². The van der Waals surface area contributed by atoms with E-state index in [9.17, 15) is 5.21 Å². The van der Waals surface area contributed by atoms with Gasteiger partial charge < -0.3 is 19.6 Å². The van der Waals surface area contributed by atoms with E-state index in [2.05, 4.69) is 5.16 Å². The third-order valence-corrected chi connectivity index (χ3v) is 4.75. The first kappa shape index (κ1) is 22.5. The van der Waals surface area contributed by atoms with Crippen molar-refractivity contribution in [2.75, 3.05) is 25.1 Å². The van der Waals surface area contributed by atoms with Crippen LogP contribution in [0.4, 0.5) is 5.69 Å². The highest BCUT2D eigenvalue weighted by Gasteiger charge is 2.09. The summed E-state index contributed by atoms with van der Waals surface area (Å²) in [6, 6.07) is 24.6. The summed E-state index contributed by atoms with van der Waals surface area (Å²) in [6.45, 7) is 0.761. The Balaban J connectivity index is 1.58. The zero-order valence-corrected chi connectivity index (χ0v) is 18.4. The predicted molar refractivity (Wildman–Crippen MR) is 126 cm³/mol. The molecule has 0 amide bonds. The van der Waals surface area contributed by atoms with Crippen LogP contribution in [0.5, 0.6) is 17.2 Å². The van der Waals surface area contributed by atoms with Gasteiger partial charge in [-0.1, -0.05) is 58.7 Å². The van der Waals surface area contributed by atoms with Crippen molar-refractivity contribution in [3.8, 4) is 17.2 Å². The standard InChI is InChI=1S/C24H22Cl2N2O3/c1-28(17-23(27-29)18-5-3-2-4-6-18)19-7-9-21(10-8-19)31-22-13-11-20(12-14-22)30-16-15-24(25)26/h2-15,29H,16-17H2,1H3. The highest BCUT2D eigenvalue weighted by molar-refractivity contribution is 6.55. The number of rotatable bonds is 9. The van der Waals surface area contributed by atoms with Gasteiger partial charge in [0.05, 0.1) is 6.54 Å². The van der Waals surface area contributed by atoms with Crippen molar-refractivity contribution in [3.63, 3.8) is 0 Å². The molecule has 3 aromatic carbocycles. The van der Waals surface area contributed by atoms with Crippen molar-refractivity contribution < 1.29 is 14.7 Å². The molecule has 0 aliphatic rings. The minimum atomic E-state index is 0.175. The lowest BCUT2D eigenvalue weighted by Gasteiger charge is -2.20. The zero-order valence-electron chi connectivity index (χ0n) is 16.9. The summed E-state index contributed by atoms with van der Waals surface area (Å²) in [5.41, 5.74) is 2.44. The van der Waals surface area contributed by atoms with Gasteiger partial charge >= 0.3 is 0 Å². The highest BCUT2D eigenvalue weighted by atomic mass is 35.5. The number of oxime groups is 1. The van der Waals surface area contributed by atoms with Gasteiger partial charge in [0.2, 0.25) is 0 Å². The van der Waals surface area contributed by atoms with Crippen LogP contribution >= 0.6 is 23.2 Å². The molecule has 160 valence electrons. The van der Waals surface area contributed by atoms with E-state index in [0.29, 0.717) is 36.1 Å². The molecule has 31 heavy (non-hydrogen) atoms. The molecule has 0 saturated carbocycles. The number of hydrogen-bond donors (Lipinski definition) is 1. The van der Waals surface area contributed by atoms with Gasteiger partial charge in [0, 0.05) is 18.3 Å². The second-order valence-corrected chi connectivity index (χ2v) is 7.65. The molecule has 3 rings (SSSR count). The lowest BCUT2D eigenvalue weighted by atomic mass is 10.1. The molecule has 0 saturated heterocycles. The predicted octanol–water partition coefficient (Wildman–Crippen LogP) is 6.49. The summed E-state index contributed by atoms with van der Waals surface area (Å²) in [7, 11) is 1.94. The van der Waals surface area contributed by atoms with E-state index in [-0.39, 0.29) is 4.49 Å². The molecule has 0 aromatic heterocycles. The first-order valence-electron chi connectivity index (χ1n) is 9.54. The van der Waals surface area contributed by atoms with Crippen molar-refractivity contribution >= 4 is 34.6 Å². The van der Waals surface area contributed by atoms with Crippen LogP contribution in [-0.4, -0.2) is 31.1 Å². The monoisotopic (exact) mass is 456 g/mol. The number of nitrogens with zero attached hydrogens (tertiary/aromatic N) is 2. The van der Waals surface area contributed by atoms with Gasteiger partial charge in [-0.3, -0.25) is 0 Å². The molecule has 0 spiro atoms. The lowest BCUT2D eigenvalue weighted by Crippen LogP contribution is -2.26. The Bertz CT molecular complexity index is 1020. The largest absolute Gasteiger partial charge is 0.489 e. The number of benzene rings is 3. The molecule has 0 heterocycles. The van der Waals surface area contributed by atoms with Crippen LogP contribution in [0.2, 0.25) is 0 Å². The van der Waals surface area contributed by atoms with Gasteiger partial charge in [-0.05, 0) is 54.6 Å². The Hall–Kier alpha value is -3.15. The molecule has 0 radical (unpaired) electrons. The maximum Gasteiger partial charge on any atom is 0.127 e. The summed E-state index contributed by atoms with van der Waals surface area (Å²) < 4.78 is 11.6. The third kappa shape index (κ3) is 6.95. The van der Waals surface area contributed by atoms with Crippen LogP contribution < -0.4 is 14.4 Å². The maximum absolute atomic E-state index is 9.39. The number of anilines is 1. The van der Waals surface area contributed by atoms with E-state index in [1.807, 2.05) is 90.8 Å². The normalized spacial score (nSPS) is 11.0. The number of ether oxygens (including phenoxy) is 2. The van der Waals surface area contributed by atoms with E-state index in [1.54, 1.807) is 6.08 Å². The van der Waals surface area contributed by atoms with Crippen LogP contribution in [0, 0.1) is 0 Å². The molecule has 0 unspecified atom stereocenters. The molecule has 0 aliphatic carbocycles. The number of hydrogen-bond acceptors (Lipinski definition) is 5. The minimum absolute atomic E-state index is 0.175. The minimum Gasteiger partial charge on any atom is -0.489 e. The molecule has 1 N–H and O–H groups in total. The van der Waals surface area contributed by atoms with Gasteiger partial charge in [0.25, 0.3) is 0 Å². The van der Waals surface area contributed by atoms with E-state index >= 15 is 0 Å². The molecule has 0 fully saturated rings. The van der Waals surface area contributed by atoms with Crippen LogP contribution in [0.25, 0.3) is 0 Å². The Labute approximate surface area is 191 Å². The van der Waals surface area contributed by atoms with Gasteiger partial charge in [0.15, 0.2) is 0 Å². The first-order chi connectivity index (χ1) is 15.0. The summed E-state index contributed by atoms with van der Waals surface area (Å²) in [5, 5.41) is 12.8. The van der Waals surface area contributed by atoms with E-state index < -0.39 is 0 Å². The van der Waals surface area contributed by atoms with E-state index in [1.165, 1.54) is 0 Å². The van der Waals surface area contributed by atoms with Crippen molar-refractivity contribution in [1.29, 1.82) is 0 Å². The van der Waals surface area contributed by atoms with Crippen LogP contribution in [-0.2, 0) is 0 Å². The number of halogens is 2. The maximum atomic E-state index is 9.39. The van der Waals surface area contributed by atoms with E-state index in [4.69, 9.17) is 32.7 Å². The molecular weight excluding hydrogens is 435 g/mol. The zero-order chi connectivity index (χ0) is 22.1.